The van der Waals surface area contributed by atoms with Gasteiger partial charge in [-0.1, -0.05) is 0 Å². The van der Waals surface area contributed by atoms with E-state index in [1.54, 1.807) is 6.92 Å². The van der Waals surface area contributed by atoms with Gasteiger partial charge in [0.25, 0.3) is 11.7 Å². The van der Waals surface area contributed by atoms with Gasteiger partial charge >= 0.3 is 0 Å². The Morgan fingerprint density at radius 1 is 1.38 bits per heavy atom. The summed E-state index contributed by atoms with van der Waals surface area (Å²) in [6, 6.07) is 3.44. The fourth-order valence-corrected chi connectivity index (χ4v) is 4.85. The van der Waals surface area contributed by atoms with Crippen LogP contribution in [-0.4, -0.2) is 54.1 Å². The highest BCUT2D eigenvalue weighted by molar-refractivity contribution is 7.91. The van der Waals surface area contributed by atoms with Gasteiger partial charge in [0.05, 0.1) is 17.1 Å². The van der Waals surface area contributed by atoms with Gasteiger partial charge in [-0.15, -0.1) is 0 Å². The third kappa shape index (κ3) is 2.93. The van der Waals surface area contributed by atoms with Gasteiger partial charge in [-0.3, -0.25) is 9.59 Å². The molecule has 1 aliphatic heterocycles. The number of hydrogen-bond acceptors (Lipinski definition) is 4. The molecule has 1 fully saturated rings. The van der Waals surface area contributed by atoms with Crippen LogP contribution in [0.2, 0.25) is 0 Å². The van der Waals surface area contributed by atoms with Crippen LogP contribution < -0.4 is 0 Å². The molecule has 0 spiro atoms. The first-order valence-corrected chi connectivity index (χ1v) is 9.47. The number of likely N-dealkylation sites (N-methyl/N-ethyl adjacent to an activating group) is 1. The summed E-state index contributed by atoms with van der Waals surface area (Å²) >= 11 is 0. The fourth-order valence-electron chi connectivity index (χ4n) is 3.12. The minimum absolute atomic E-state index is 0.0298. The van der Waals surface area contributed by atoms with Crippen molar-refractivity contribution in [3.05, 3.63) is 35.8 Å². The summed E-state index contributed by atoms with van der Waals surface area (Å²) in [5, 5.41) is 0.463. The zero-order valence-corrected chi connectivity index (χ0v) is 13.9. The predicted molar refractivity (Wildman–Crippen MR) is 87.0 cm³/mol. The molecule has 2 aromatic rings. The van der Waals surface area contributed by atoms with Gasteiger partial charge in [0, 0.05) is 29.7 Å². The number of halogens is 1. The number of H-pyrrole nitrogens is 1. The molecule has 2 heterocycles. The van der Waals surface area contributed by atoms with Crippen molar-refractivity contribution < 1.29 is 22.4 Å². The lowest BCUT2D eigenvalue weighted by molar-refractivity contribution is -0.128. The van der Waals surface area contributed by atoms with E-state index >= 15 is 0 Å². The topological polar surface area (TPSA) is 87.3 Å². The molecule has 1 aromatic carbocycles. The third-order valence-corrected chi connectivity index (χ3v) is 6.08. The molecular formula is C16H17FN2O4S. The van der Waals surface area contributed by atoms with Crippen molar-refractivity contribution in [1.82, 2.24) is 9.88 Å². The first-order chi connectivity index (χ1) is 11.3. The van der Waals surface area contributed by atoms with E-state index in [2.05, 4.69) is 4.98 Å². The van der Waals surface area contributed by atoms with Crippen LogP contribution >= 0.6 is 0 Å². The van der Waals surface area contributed by atoms with E-state index in [4.69, 9.17) is 0 Å². The molecule has 1 N–H and O–H groups in total. The van der Waals surface area contributed by atoms with E-state index in [-0.39, 0.29) is 23.6 Å². The number of Topliss-reactive ketones (excluding diaryl/α,β-unsaturated/α-hetero) is 1. The highest BCUT2D eigenvalue weighted by Gasteiger charge is 2.36. The Balaban J connectivity index is 1.88. The SMILES string of the molecule is CCN(C(=O)C(=O)c1c[nH]c2cc(F)ccc12)C1CCS(=O)(=O)C1. The van der Waals surface area contributed by atoms with Crippen molar-refractivity contribution in [2.45, 2.75) is 19.4 Å². The number of nitrogens with one attached hydrogen (secondary N) is 1. The standard InChI is InChI=1S/C16H17FN2O4S/c1-2-19(11-5-6-24(22,23)9-11)16(21)15(20)13-8-18-14-7-10(17)3-4-12(13)14/h3-4,7-8,11,18H,2,5-6,9H2,1H3. The molecule has 1 aromatic heterocycles. The number of amides is 1. The largest absolute Gasteiger partial charge is 0.360 e. The molecule has 24 heavy (non-hydrogen) atoms. The maximum Gasteiger partial charge on any atom is 0.295 e. The molecule has 0 radical (unpaired) electrons. The van der Waals surface area contributed by atoms with Gasteiger partial charge in [0.15, 0.2) is 9.84 Å². The molecular weight excluding hydrogens is 335 g/mol. The number of sulfone groups is 1. The molecule has 6 nitrogen and oxygen atoms in total. The third-order valence-electron chi connectivity index (χ3n) is 4.33. The number of aromatic amines is 1. The lowest BCUT2D eigenvalue weighted by Crippen LogP contribution is -2.44. The summed E-state index contributed by atoms with van der Waals surface area (Å²) in [7, 11) is -3.16. The van der Waals surface area contributed by atoms with Crippen molar-refractivity contribution in [2.75, 3.05) is 18.1 Å². The van der Waals surface area contributed by atoms with Gasteiger partial charge in [0.1, 0.15) is 5.82 Å². The molecule has 0 aliphatic carbocycles. The number of ketones is 1. The average molecular weight is 352 g/mol. The lowest BCUT2D eigenvalue weighted by atomic mass is 10.1. The summed E-state index contributed by atoms with van der Waals surface area (Å²) in [4.78, 5) is 29.2. The fraction of sp³-hybridized carbons (Fsp3) is 0.375. The number of fused-ring (bicyclic) bond motifs is 1. The Kier molecular flexibility index (Phi) is 4.16. The quantitative estimate of drug-likeness (QED) is 0.668. The van der Waals surface area contributed by atoms with Gasteiger partial charge in [-0.2, -0.15) is 0 Å². The first-order valence-electron chi connectivity index (χ1n) is 7.64. The molecule has 0 saturated carbocycles. The molecule has 3 rings (SSSR count). The Hall–Kier alpha value is -2.22. The second-order valence-electron chi connectivity index (χ2n) is 5.87. The molecule has 1 amide bonds. The van der Waals surface area contributed by atoms with Crippen LogP contribution in [0.25, 0.3) is 10.9 Å². The maximum atomic E-state index is 13.2. The van der Waals surface area contributed by atoms with Crippen molar-refractivity contribution >= 4 is 32.4 Å². The maximum absolute atomic E-state index is 13.2. The summed E-state index contributed by atoms with van der Waals surface area (Å²) in [6.07, 6.45) is 1.72. The van der Waals surface area contributed by atoms with Crippen molar-refractivity contribution in [1.29, 1.82) is 0 Å². The van der Waals surface area contributed by atoms with Crippen molar-refractivity contribution in [2.24, 2.45) is 0 Å². The number of hydrogen-bond donors (Lipinski definition) is 1. The van der Waals surface area contributed by atoms with E-state index in [0.717, 1.165) is 0 Å². The van der Waals surface area contributed by atoms with Gasteiger partial charge in [0.2, 0.25) is 0 Å². The molecule has 128 valence electrons. The number of nitrogens with zero attached hydrogens (tertiary/aromatic N) is 1. The molecule has 1 aliphatic rings. The summed E-state index contributed by atoms with van der Waals surface area (Å²) in [5.41, 5.74) is 0.590. The van der Waals surface area contributed by atoms with E-state index in [1.165, 1.54) is 29.3 Å². The van der Waals surface area contributed by atoms with Crippen LogP contribution in [0.15, 0.2) is 24.4 Å². The van der Waals surface area contributed by atoms with Gasteiger partial charge in [-0.25, -0.2) is 12.8 Å². The average Bonchev–Trinajstić information content (AvgIpc) is 3.10. The molecule has 1 unspecified atom stereocenters. The Morgan fingerprint density at radius 3 is 2.75 bits per heavy atom. The van der Waals surface area contributed by atoms with Crippen LogP contribution in [0.5, 0.6) is 0 Å². The predicted octanol–water partition coefficient (Wildman–Crippen LogP) is 1.53. The van der Waals surface area contributed by atoms with Crippen molar-refractivity contribution in [3.8, 4) is 0 Å². The summed E-state index contributed by atoms with van der Waals surface area (Å²) < 4.78 is 36.5. The smallest absolute Gasteiger partial charge is 0.295 e. The van der Waals surface area contributed by atoms with Crippen LogP contribution in [0.4, 0.5) is 4.39 Å². The van der Waals surface area contributed by atoms with Crippen LogP contribution in [-0.2, 0) is 14.6 Å². The second-order valence-corrected chi connectivity index (χ2v) is 8.10. The van der Waals surface area contributed by atoms with Crippen LogP contribution in [0.1, 0.15) is 23.7 Å². The molecule has 0 bridgehead atoms. The minimum Gasteiger partial charge on any atom is -0.360 e. The Morgan fingerprint density at radius 2 is 2.12 bits per heavy atom. The second kappa shape index (κ2) is 6.01. The van der Waals surface area contributed by atoms with E-state index in [0.29, 0.717) is 17.3 Å². The molecule has 8 heteroatoms. The summed E-state index contributed by atoms with van der Waals surface area (Å²) in [5.74, 6) is -1.98. The monoisotopic (exact) mass is 352 g/mol. The van der Waals surface area contributed by atoms with E-state index < -0.39 is 33.4 Å². The lowest BCUT2D eigenvalue weighted by Gasteiger charge is -2.25. The highest BCUT2D eigenvalue weighted by Crippen LogP contribution is 2.22. The molecule has 1 atom stereocenters. The Labute approximate surface area is 138 Å². The van der Waals surface area contributed by atoms with Gasteiger partial charge < -0.3 is 9.88 Å². The van der Waals surface area contributed by atoms with Crippen LogP contribution in [0, 0.1) is 5.82 Å². The zero-order valence-electron chi connectivity index (χ0n) is 13.1. The number of benzene rings is 1. The number of carbonyl (C=O) groups is 2. The number of carbonyl (C=O) groups excluding carboxylic acids is 2. The normalized spacial score (nSPS) is 19.5. The zero-order chi connectivity index (χ0) is 17.5. The van der Waals surface area contributed by atoms with Gasteiger partial charge in [-0.05, 0) is 31.5 Å². The number of rotatable bonds is 4. The highest BCUT2D eigenvalue weighted by atomic mass is 32.2. The number of aromatic nitrogens is 1. The Bertz CT molecular complexity index is 919. The van der Waals surface area contributed by atoms with Crippen molar-refractivity contribution in [3.63, 3.8) is 0 Å². The summed E-state index contributed by atoms with van der Waals surface area (Å²) in [6.45, 7) is 1.96. The first kappa shape index (κ1) is 16.6. The van der Waals surface area contributed by atoms with Crippen LogP contribution in [0.3, 0.4) is 0 Å². The minimum atomic E-state index is -3.16. The van der Waals surface area contributed by atoms with E-state index in [9.17, 15) is 22.4 Å². The molecule has 1 saturated heterocycles. The van der Waals surface area contributed by atoms with E-state index in [1.807, 2.05) is 0 Å².